The van der Waals surface area contributed by atoms with Crippen molar-refractivity contribution < 1.29 is 14.3 Å². The fourth-order valence-corrected chi connectivity index (χ4v) is 3.41. The van der Waals surface area contributed by atoms with Crippen molar-refractivity contribution in [3.8, 4) is 5.75 Å². The van der Waals surface area contributed by atoms with Gasteiger partial charge in [0, 0.05) is 10.7 Å². The normalized spacial score (nSPS) is 16.2. The third kappa shape index (κ3) is 4.41. The summed E-state index contributed by atoms with van der Waals surface area (Å²) in [6.45, 7) is 0.484. The molecule has 29 heavy (non-hydrogen) atoms. The van der Waals surface area contributed by atoms with E-state index in [0.717, 1.165) is 17.0 Å². The van der Waals surface area contributed by atoms with Gasteiger partial charge >= 0.3 is 0 Å². The minimum atomic E-state index is -0.613. The van der Waals surface area contributed by atoms with E-state index in [-0.39, 0.29) is 18.2 Å². The van der Waals surface area contributed by atoms with Crippen molar-refractivity contribution in [2.24, 2.45) is 0 Å². The number of nitrogens with one attached hydrogen (secondary N) is 1. The Balaban J connectivity index is 1.39. The smallest absolute Gasteiger partial charge is 0.256 e. The van der Waals surface area contributed by atoms with Crippen molar-refractivity contribution in [1.29, 1.82) is 0 Å². The van der Waals surface area contributed by atoms with Crippen LogP contribution in [0, 0.1) is 0 Å². The Morgan fingerprint density at radius 3 is 2.45 bits per heavy atom. The lowest BCUT2D eigenvalue weighted by molar-refractivity contribution is -0.121. The highest BCUT2D eigenvalue weighted by Crippen LogP contribution is 2.27. The highest BCUT2D eigenvalue weighted by Gasteiger charge is 2.39. The molecule has 5 nitrogen and oxygen atoms in total. The number of hydrogen-bond donors (Lipinski definition) is 1. The number of rotatable bonds is 6. The zero-order valence-electron chi connectivity index (χ0n) is 15.5. The molecule has 0 spiro atoms. The van der Waals surface area contributed by atoms with E-state index in [1.54, 1.807) is 24.3 Å². The summed E-state index contributed by atoms with van der Waals surface area (Å²) in [6.07, 6.45) is 0.0948. The van der Waals surface area contributed by atoms with E-state index in [1.807, 2.05) is 54.6 Å². The van der Waals surface area contributed by atoms with Gasteiger partial charge < -0.3 is 10.1 Å². The van der Waals surface area contributed by atoms with Crippen molar-refractivity contribution in [2.45, 2.75) is 19.1 Å². The Morgan fingerprint density at radius 2 is 1.72 bits per heavy atom. The minimum absolute atomic E-state index is 0.0948. The van der Waals surface area contributed by atoms with Gasteiger partial charge in [0.2, 0.25) is 5.91 Å². The number of amides is 2. The Labute approximate surface area is 173 Å². The molecule has 6 heteroatoms. The summed E-state index contributed by atoms with van der Waals surface area (Å²) in [4.78, 5) is 26.3. The number of carbonyl (C=O) groups excluding carboxylic acids is 2. The third-order valence-corrected chi connectivity index (χ3v) is 4.89. The molecule has 1 aliphatic heterocycles. The van der Waals surface area contributed by atoms with Crippen LogP contribution >= 0.6 is 11.6 Å². The zero-order chi connectivity index (χ0) is 20.2. The molecule has 0 aromatic heterocycles. The van der Waals surface area contributed by atoms with Crippen molar-refractivity contribution in [3.05, 3.63) is 89.4 Å². The molecule has 3 aromatic rings. The first-order valence-corrected chi connectivity index (χ1v) is 9.63. The molecule has 0 aliphatic carbocycles. The van der Waals surface area contributed by atoms with Crippen LogP contribution < -0.4 is 15.0 Å². The summed E-state index contributed by atoms with van der Waals surface area (Å²) in [5.74, 6) is 0.188. The second kappa shape index (κ2) is 8.37. The molecular weight excluding hydrogens is 388 g/mol. The molecule has 0 radical (unpaired) electrons. The van der Waals surface area contributed by atoms with Crippen molar-refractivity contribution in [1.82, 2.24) is 0 Å². The van der Waals surface area contributed by atoms with Crippen molar-refractivity contribution in [2.75, 3.05) is 10.2 Å². The summed E-state index contributed by atoms with van der Waals surface area (Å²) in [7, 11) is 0. The Hall–Kier alpha value is -3.31. The summed E-state index contributed by atoms with van der Waals surface area (Å²) in [5, 5.41) is 3.61. The number of halogens is 1. The number of anilines is 2. The lowest BCUT2D eigenvalue weighted by Gasteiger charge is -2.16. The van der Waals surface area contributed by atoms with Gasteiger partial charge in [0.05, 0.1) is 12.1 Å². The van der Waals surface area contributed by atoms with Crippen LogP contribution in [0.5, 0.6) is 5.75 Å². The number of imide groups is 1. The number of ether oxygens (including phenoxy) is 1. The van der Waals surface area contributed by atoms with E-state index >= 15 is 0 Å². The van der Waals surface area contributed by atoms with Gasteiger partial charge in [-0.15, -0.1) is 0 Å². The van der Waals surface area contributed by atoms with Gasteiger partial charge in [0.15, 0.2) is 0 Å². The molecule has 1 heterocycles. The van der Waals surface area contributed by atoms with Crippen LogP contribution in [0.4, 0.5) is 11.4 Å². The largest absolute Gasteiger partial charge is 0.489 e. The van der Waals surface area contributed by atoms with Crippen molar-refractivity contribution >= 4 is 34.8 Å². The van der Waals surface area contributed by atoms with E-state index in [4.69, 9.17) is 16.3 Å². The van der Waals surface area contributed by atoms with Gasteiger partial charge in [-0.25, -0.2) is 4.90 Å². The molecule has 3 aromatic carbocycles. The number of benzene rings is 3. The predicted octanol–water partition coefficient (Wildman–Crippen LogP) is 4.66. The maximum atomic E-state index is 12.7. The van der Waals surface area contributed by atoms with Crippen LogP contribution in [0.2, 0.25) is 5.02 Å². The van der Waals surface area contributed by atoms with Gasteiger partial charge in [0.1, 0.15) is 18.4 Å². The lowest BCUT2D eigenvalue weighted by Crippen LogP contribution is -2.34. The van der Waals surface area contributed by atoms with E-state index in [0.29, 0.717) is 17.3 Å². The first-order chi connectivity index (χ1) is 14.1. The second-order valence-electron chi connectivity index (χ2n) is 6.75. The van der Waals surface area contributed by atoms with Crippen LogP contribution in [0.15, 0.2) is 78.9 Å². The van der Waals surface area contributed by atoms with Gasteiger partial charge in [-0.3, -0.25) is 9.59 Å². The third-order valence-electron chi connectivity index (χ3n) is 4.66. The lowest BCUT2D eigenvalue weighted by atomic mass is 10.2. The molecule has 1 atom stereocenters. The maximum Gasteiger partial charge on any atom is 0.256 e. The molecule has 146 valence electrons. The van der Waals surface area contributed by atoms with E-state index < -0.39 is 6.04 Å². The average molecular weight is 407 g/mol. The Morgan fingerprint density at radius 1 is 0.966 bits per heavy atom. The van der Waals surface area contributed by atoms with Crippen LogP contribution in [0.25, 0.3) is 0 Å². The average Bonchev–Trinajstić information content (AvgIpc) is 3.01. The van der Waals surface area contributed by atoms with E-state index in [9.17, 15) is 9.59 Å². The molecule has 0 bridgehead atoms. The molecule has 4 rings (SSSR count). The van der Waals surface area contributed by atoms with Gasteiger partial charge in [-0.1, -0.05) is 48.0 Å². The van der Waals surface area contributed by atoms with Crippen LogP contribution in [-0.4, -0.2) is 17.9 Å². The predicted molar refractivity (Wildman–Crippen MR) is 113 cm³/mol. The highest BCUT2D eigenvalue weighted by molar-refractivity contribution is 6.31. The van der Waals surface area contributed by atoms with Gasteiger partial charge in [-0.2, -0.15) is 0 Å². The monoisotopic (exact) mass is 406 g/mol. The van der Waals surface area contributed by atoms with Crippen molar-refractivity contribution in [3.63, 3.8) is 0 Å². The standard InChI is InChI=1S/C23H19ClN2O3/c24-17-7-4-8-19(13-17)26-22(27)14-21(23(26)28)25-18-9-11-20(12-10-18)29-15-16-5-2-1-3-6-16/h1-13,21,25H,14-15H2. The summed E-state index contributed by atoms with van der Waals surface area (Å²) >= 11 is 5.99. The zero-order valence-corrected chi connectivity index (χ0v) is 16.3. The van der Waals surface area contributed by atoms with Crippen LogP contribution in [0.3, 0.4) is 0 Å². The number of hydrogen-bond acceptors (Lipinski definition) is 4. The molecule has 1 N–H and O–H groups in total. The first kappa shape index (κ1) is 19.0. The van der Waals surface area contributed by atoms with Gasteiger partial charge in [0.25, 0.3) is 5.91 Å². The first-order valence-electron chi connectivity index (χ1n) is 9.26. The Bertz CT molecular complexity index is 1020. The minimum Gasteiger partial charge on any atom is -0.489 e. The Kier molecular flexibility index (Phi) is 5.49. The summed E-state index contributed by atoms with van der Waals surface area (Å²) in [5.41, 5.74) is 2.32. The van der Waals surface area contributed by atoms with Gasteiger partial charge in [-0.05, 0) is 48.0 Å². The second-order valence-corrected chi connectivity index (χ2v) is 7.18. The highest BCUT2D eigenvalue weighted by atomic mass is 35.5. The van der Waals surface area contributed by atoms with Crippen LogP contribution in [0.1, 0.15) is 12.0 Å². The SMILES string of the molecule is O=C1CC(Nc2ccc(OCc3ccccc3)cc2)C(=O)N1c1cccc(Cl)c1. The molecule has 1 aliphatic rings. The fraction of sp³-hybridized carbons (Fsp3) is 0.130. The fourth-order valence-electron chi connectivity index (χ4n) is 3.22. The van der Waals surface area contributed by atoms with E-state index in [1.165, 1.54) is 4.90 Å². The topological polar surface area (TPSA) is 58.6 Å². The summed E-state index contributed by atoms with van der Waals surface area (Å²) < 4.78 is 5.77. The molecule has 0 saturated carbocycles. The quantitative estimate of drug-likeness (QED) is 0.605. The number of nitrogens with zero attached hydrogens (tertiary/aromatic N) is 1. The maximum absolute atomic E-state index is 12.7. The summed E-state index contributed by atoms with van der Waals surface area (Å²) in [6, 6.07) is 23.4. The molecule has 1 saturated heterocycles. The number of carbonyl (C=O) groups is 2. The molecular formula is C23H19ClN2O3. The van der Waals surface area contributed by atoms with Crippen LogP contribution in [-0.2, 0) is 16.2 Å². The van der Waals surface area contributed by atoms with E-state index in [2.05, 4.69) is 5.32 Å². The molecule has 1 unspecified atom stereocenters. The molecule has 1 fully saturated rings. The molecule has 2 amide bonds.